The Hall–Kier alpha value is -0.940. The van der Waals surface area contributed by atoms with Crippen LogP contribution in [0.5, 0.6) is 0 Å². The molecule has 2 aliphatic heterocycles. The fourth-order valence-electron chi connectivity index (χ4n) is 3.24. The van der Waals surface area contributed by atoms with E-state index in [4.69, 9.17) is 10.5 Å². The van der Waals surface area contributed by atoms with Gasteiger partial charge in [0.25, 0.3) is 0 Å². The maximum absolute atomic E-state index is 10.2. The molecule has 1 saturated heterocycles. The van der Waals surface area contributed by atoms with Crippen LogP contribution in [0.1, 0.15) is 24.0 Å². The van der Waals surface area contributed by atoms with E-state index >= 15 is 0 Å². The van der Waals surface area contributed by atoms with Gasteiger partial charge in [0, 0.05) is 25.7 Å². The van der Waals surface area contributed by atoms with Crippen molar-refractivity contribution in [2.45, 2.75) is 44.1 Å². The van der Waals surface area contributed by atoms with Gasteiger partial charge in [0.1, 0.15) is 0 Å². The predicted molar refractivity (Wildman–Crippen MR) is 78.4 cm³/mol. The Balaban J connectivity index is 1.66. The van der Waals surface area contributed by atoms with Crippen LogP contribution >= 0.6 is 0 Å². The monoisotopic (exact) mass is 276 g/mol. The van der Waals surface area contributed by atoms with Gasteiger partial charge in [0.05, 0.1) is 12.2 Å². The molecule has 0 bridgehead atoms. The quantitative estimate of drug-likeness (QED) is 0.843. The highest BCUT2D eigenvalue weighted by atomic mass is 16.5. The zero-order chi connectivity index (χ0) is 13.9. The normalized spacial score (nSPS) is 31.6. The van der Waals surface area contributed by atoms with Crippen molar-refractivity contribution in [3.8, 4) is 0 Å². The Morgan fingerprint density at radius 3 is 2.95 bits per heavy atom. The lowest BCUT2D eigenvalue weighted by Gasteiger charge is -2.35. The summed E-state index contributed by atoms with van der Waals surface area (Å²) in [4.78, 5) is 2.39. The molecule has 0 saturated carbocycles. The van der Waals surface area contributed by atoms with Crippen molar-refractivity contribution in [3.63, 3.8) is 0 Å². The highest BCUT2D eigenvalue weighted by Gasteiger charge is 2.32. The van der Waals surface area contributed by atoms with Crippen LogP contribution < -0.4 is 5.73 Å². The number of rotatable bonds is 2. The summed E-state index contributed by atoms with van der Waals surface area (Å²) < 4.78 is 5.72. The van der Waals surface area contributed by atoms with Crippen LogP contribution in [0.3, 0.4) is 0 Å². The Morgan fingerprint density at radius 2 is 2.10 bits per heavy atom. The molecule has 3 rings (SSSR count). The lowest BCUT2D eigenvalue weighted by atomic mass is 10.00. The molecule has 0 amide bonds. The summed E-state index contributed by atoms with van der Waals surface area (Å²) in [5.41, 5.74) is 8.79. The molecule has 3 atom stereocenters. The summed E-state index contributed by atoms with van der Waals surface area (Å²) in [7, 11) is 0. The molecule has 1 fully saturated rings. The van der Waals surface area contributed by atoms with Gasteiger partial charge in [0.15, 0.2) is 0 Å². The molecule has 1 aromatic rings. The van der Waals surface area contributed by atoms with E-state index in [1.807, 2.05) is 0 Å². The standard InChI is InChI=1S/C16H24N2O2/c17-14-7-9-20-15(16(14)19)11-18-8-3-6-12-4-1-2-5-13(12)10-18/h1-2,4-5,14-16,19H,3,6-11,17H2/t14-,15+,16-/m0/s1. The van der Waals surface area contributed by atoms with E-state index in [9.17, 15) is 5.11 Å². The van der Waals surface area contributed by atoms with Crippen LogP contribution in [0.4, 0.5) is 0 Å². The van der Waals surface area contributed by atoms with Crippen LogP contribution in [0.25, 0.3) is 0 Å². The van der Waals surface area contributed by atoms with E-state index in [-0.39, 0.29) is 12.1 Å². The number of hydrogen-bond acceptors (Lipinski definition) is 4. The van der Waals surface area contributed by atoms with Gasteiger partial charge in [-0.2, -0.15) is 0 Å². The largest absolute Gasteiger partial charge is 0.389 e. The number of nitrogens with zero attached hydrogens (tertiary/aromatic N) is 1. The second-order valence-corrected chi connectivity index (χ2v) is 5.96. The zero-order valence-corrected chi connectivity index (χ0v) is 11.9. The minimum Gasteiger partial charge on any atom is -0.389 e. The Bertz CT molecular complexity index is 452. The Labute approximate surface area is 120 Å². The van der Waals surface area contributed by atoms with Crippen LogP contribution in [-0.4, -0.2) is 48.0 Å². The average molecular weight is 276 g/mol. The smallest absolute Gasteiger partial charge is 0.0975 e. The van der Waals surface area contributed by atoms with Gasteiger partial charge in [-0.1, -0.05) is 24.3 Å². The number of aliphatic hydroxyl groups excluding tert-OH is 1. The van der Waals surface area contributed by atoms with Gasteiger partial charge in [-0.3, -0.25) is 4.90 Å². The van der Waals surface area contributed by atoms with Crippen molar-refractivity contribution in [2.24, 2.45) is 5.73 Å². The van der Waals surface area contributed by atoms with Gasteiger partial charge in [-0.25, -0.2) is 0 Å². The summed E-state index contributed by atoms with van der Waals surface area (Å²) in [5.74, 6) is 0. The molecule has 4 nitrogen and oxygen atoms in total. The first-order valence-electron chi connectivity index (χ1n) is 7.58. The lowest BCUT2D eigenvalue weighted by Crippen LogP contribution is -2.53. The van der Waals surface area contributed by atoms with Gasteiger partial charge in [-0.05, 0) is 36.9 Å². The van der Waals surface area contributed by atoms with Crippen molar-refractivity contribution < 1.29 is 9.84 Å². The average Bonchev–Trinajstić information content (AvgIpc) is 2.65. The van der Waals surface area contributed by atoms with E-state index in [2.05, 4.69) is 29.2 Å². The molecule has 0 aromatic heterocycles. The number of aliphatic hydroxyl groups is 1. The number of fused-ring (bicyclic) bond motifs is 1. The first kappa shape index (κ1) is 14.0. The highest BCUT2D eigenvalue weighted by molar-refractivity contribution is 5.28. The number of ether oxygens (including phenoxy) is 1. The summed E-state index contributed by atoms with van der Waals surface area (Å²) in [5, 5.41) is 10.2. The lowest BCUT2D eigenvalue weighted by molar-refractivity contribution is -0.0955. The fourth-order valence-corrected chi connectivity index (χ4v) is 3.24. The number of nitrogens with two attached hydrogens (primary N) is 1. The zero-order valence-electron chi connectivity index (χ0n) is 11.9. The van der Waals surface area contributed by atoms with Crippen molar-refractivity contribution in [2.75, 3.05) is 19.7 Å². The van der Waals surface area contributed by atoms with Crippen molar-refractivity contribution in [3.05, 3.63) is 35.4 Å². The molecule has 1 aromatic carbocycles. The summed E-state index contributed by atoms with van der Waals surface area (Å²) in [6.45, 7) is 3.42. The van der Waals surface area contributed by atoms with Gasteiger partial charge in [-0.15, -0.1) is 0 Å². The first-order valence-corrected chi connectivity index (χ1v) is 7.58. The van der Waals surface area contributed by atoms with Crippen LogP contribution in [-0.2, 0) is 17.7 Å². The van der Waals surface area contributed by atoms with Gasteiger partial charge in [0.2, 0.25) is 0 Å². The Kier molecular flexibility index (Phi) is 4.36. The first-order chi connectivity index (χ1) is 9.74. The van der Waals surface area contributed by atoms with Gasteiger partial charge < -0.3 is 15.6 Å². The third-order valence-corrected chi connectivity index (χ3v) is 4.47. The maximum Gasteiger partial charge on any atom is 0.0975 e. The minimum absolute atomic E-state index is 0.145. The fraction of sp³-hybridized carbons (Fsp3) is 0.625. The summed E-state index contributed by atoms with van der Waals surface area (Å²) in [6, 6.07) is 8.50. The molecule has 0 aliphatic carbocycles. The molecule has 0 spiro atoms. The molecule has 0 unspecified atom stereocenters. The highest BCUT2D eigenvalue weighted by Crippen LogP contribution is 2.21. The summed E-state index contributed by atoms with van der Waals surface area (Å²) in [6.07, 6.45) is 2.36. The van der Waals surface area contributed by atoms with Crippen molar-refractivity contribution in [1.29, 1.82) is 0 Å². The summed E-state index contributed by atoms with van der Waals surface area (Å²) >= 11 is 0. The van der Waals surface area contributed by atoms with E-state index in [0.29, 0.717) is 6.61 Å². The molecule has 2 heterocycles. The Morgan fingerprint density at radius 1 is 1.30 bits per heavy atom. The SMILES string of the molecule is N[C@H]1CCO[C@H](CN2CCCc3ccccc3C2)[C@H]1O. The molecule has 4 heteroatoms. The molecular formula is C16H24N2O2. The second kappa shape index (κ2) is 6.22. The molecule has 0 radical (unpaired) electrons. The second-order valence-electron chi connectivity index (χ2n) is 5.96. The topological polar surface area (TPSA) is 58.7 Å². The van der Waals surface area contributed by atoms with E-state index in [1.165, 1.54) is 11.1 Å². The third kappa shape index (κ3) is 3.04. The molecular weight excluding hydrogens is 252 g/mol. The van der Waals surface area contributed by atoms with E-state index < -0.39 is 6.10 Å². The van der Waals surface area contributed by atoms with E-state index in [1.54, 1.807) is 0 Å². The van der Waals surface area contributed by atoms with E-state index in [0.717, 1.165) is 38.9 Å². The third-order valence-electron chi connectivity index (χ3n) is 4.47. The predicted octanol–water partition coefficient (Wildman–Crippen LogP) is 0.912. The van der Waals surface area contributed by atoms with Crippen molar-refractivity contribution >= 4 is 0 Å². The number of benzene rings is 1. The number of aryl methyl sites for hydroxylation is 1. The van der Waals surface area contributed by atoms with Crippen LogP contribution in [0, 0.1) is 0 Å². The molecule has 20 heavy (non-hydrogen) atoms. The molecule has 110 valence electrons. The molecule has 2 aliphatic rings. The maximum atomic E-state index is 10.2. The minimum atomic E-state index is -0.540. The van der Waals surface area contributed by atoms with Crippen LogP contribution in [0.15, 0.2) is 24.3 Å². The van der Waals surface area contributed by atoms with Crippen LogP contribution in [0.2, 0.25) is 0 Å². The number of hydrogen-bond donors (Lipinski definition) is 2. The van der Waals surface area contributed by atoms with Gasteiger partial charge >= 0.3 is 0 Å². The van der Waals surface area contributed by atoms with Crippen molar-refractivity contribution in [1.82, 2.24) is 4.90 Å². The molecule has 3 N–H and O–H groups in total.